The number of Topliss-reactive ketones (excluding diaryl/α,β-unsaturated/α-hetero) is 1. The van der Waals surface area contributed by atoms with E-state index in [1.807, 2.05) is 20.8 Å². The van der Waals surface area contributed by atoms with E-state index in [4.69, 9.17) is 16.0 Å². The molecule has 0 fully saturated rings. The molecule has 5 heteroatoms. The van der Waals surface area contributed by atoms with Crippen LogP contribution in [0.5, 0.6) is 0 Å². The maximum atomic E-state index is 12.4. The Morgan fingerprint density at radius 3 is 2.60 bits per heavy atom. The number of carbonyl (C=O) groups excluding carboxylic acids is 1. The van der Waals surface area contributed by atoms with Gasteiger partial charge >= 0.3 is 0 Å². The number of furan rings is 1. The summed E-state index contributed by atoms with van der Waals surface area (Å²) < 4.78 is 7.22. The highest BCUT2D eigenvalue weighted by molar-refractivity contribution is 6.32. The topological polar surface area (TPSA) is 48.0 Å². The highest BCUT2D eigenvalue weighted by Crippen LogP contribution is 2.24. The number of aryl methyl sites for hydroxylation is 4. The monoisotopic (exact) mass is 294 g/mol. The van der Waals surface area contributed by atoms with Crippen molar-refractivity contribution in [3.8, 4) is 0 Å². The Hall–Kier alpha value is -1.55. The quantitative estimate of drug-likeness (QED) is 0.789. The van der Waals surface area contributed by atoms with Gasteiger partial charge in [0.2, 0.25) is 0 Å². The van der Waals surface area contributed by atoms with Crippen LogP contribution in [-0.4, -0.2) is 15.6 Å². The van der Waals surface area contributed by atoms with Crippen LogP contribution >= 0.6 is 11.6 Å². The van der Waals surface area contributed by atoms with E-state index in [9.17, 15) is 4.79 Å². The molecule has 108 valence electrons. The molecule has 20 heavy (non-hydrogen) atoms. The molecule has 0 amide bonds. The highest BCUT2D eigenvalue weighted by Gasteiger charge is 2.20. The molecule has 2 rings (SSSR count). The van der Waals surface area contributed by atoms with E-state index < -0.39 is 0 Å². The number of ketones is 1. The zero-order valence-corrected chi connectivity index (χ0v) is 13.0. The Morgan fingerprint density at radius 2 is 2.10 bits per heavy atom. The number of halogens is 1. The highest BCUT2D eigenvalue weighted by atomic mass is 35.5. The number of aromatic nitrogens is 2. The molecule has 0 saturated carbocycles. The van der Waals surface area contributed by atoms with Gasteiger partial charge in [-0.05, 0) is 33.3 Å². The molecular weight excluding hydrogens is 276 g/mol. The number of hydrogen-bond donors (Lipinski definition) is 0. The zero-order valence-electron chi connectivity index (χ0n) is 12.3. The first-order chi connectivity index (χ1) is 9.47. The number of nitrogens with zero attached hydrogens (tertiary/aromatic N) is 2. The van der Waals surface area contributed by atoms with Crippen molar-refractivity contribution in [3.05, 3.63) is 39.6 Å². The molecule has 0 aromatic carbocycles. The molecule has 2 heterocycles. The smallest absolute Gasteiger partial charge is 0.172 e. The zero-order chi connectivity index (χ0) is 14.9. The van der Waals surface area contributed by atoms with Crippen LogP contribution < -0.4 is 0 Å². The van der Waals surface area contributed by atoms with Gasteiger partial charge in [0.1, 0.15) is 11.5 Å². The Kier molecular flexibility index (Phi) is 4.33. The molecule has 4 nitrogen and oxygen atoms in total. The molecular formula is C15H19ClN2O2. The second-order valence-electron chi connectivity index (χ2n) is 4.80. The van der Waals surface area contributed by atoms with E-state index in [1.165, 1.54) is 0 Å². The van der Waals surface area contributed by atoms with Crippen molar-refractivity contribution in [2.75, 3.05) is 0 Å². The SMILES string of the molecule is CCc1nn(CC)c(CC(=O)c2cc(C)oc2C)c1Cl. The molecule has 2 aromatic rings. The summed E-state index contributed by atoms with van der Waals surface area (Å²) in [6.45, 7) is 8.33. The lowest BCUT2D eigenvalue weighted by Gasteiger charge is -2.04. The van der Waals surface area contributed by atoms with Gasteiger partial charge in [0, 0.05) is 6.54 Å². The molecule has 0 spiro atoms. The minimum atomic E-state index is 0.0125. The Balaban J connectivity index is 2.32. The molecule has 2 aromatic heterocycles. The minimum absolute atomic E-state index is 0.0125. The molecule has 0 radical (unpaired) electrons. The summed E-state index contributed by atoms with van der Waals surface area (Å²) in [5, 5.41) is 5.04. The molecule has 0 aliphatic heterocycles. The van der Waals surface area contributed by atoms with Crippen LogP contribution in [0.1, 0.15) is 47.1 Å². The maximum absolute atomic E-state index is 12.4. The van der Waals surface area contributed by atoms with E-state index in [2.05, 4.69) is 5.10 Å². The van der Waals surface area contributed by atoms with Crippen LogP contribution in [-0.2, 0) is 19.4 Å². The first-order valence-corrected chi connectivity index (χ1v) is 7.19. The van der Waals surface area contributed by atoms with Crippen molar-refractivity contribution in [2.24, 2.45) is 0 Å². The van der Waals surface area contributed by atoms with Crippen LogP contribution in [0.15, 0.2) is 10.5 Å². The largest absolute Gasteiger partial charge is 0.466 e. The first-order valence-electron chi connectivity index (χ1n) is 6.82. The summed E-state index contributed by atoms with van der Waals surface area (Å²) >= 11 is 6.33. The summed E-state index contributed by atoms with van der Waals surface area (Å²) in [7, 11) is 0. The van der Waals surface area contributed by atoms with Gasteiger partial charge in [-0.3, -0.25) is 9.48 Å². The second-order valence-corrected chi connectivity index (χ2v) is 5.18. The van der Waals surface area contributed by atoms with E-state index in [-0.39, 0.29) is 12.2 Å². The molecule has 0 atom stereocenters. The van der Waals surface area contributed by atoms with E-state index in [1.54, 1.807) is 17.7 Å². The van der Waals surface area contributed by atoms with Crippen molar-refractivity contribution >= 4 is 17.4 Å². The van der Waals surface area contributed by atoms with Gasteiger partial charge in [-0.2, -0.15) is 5.10 Å². The fourth-order valence-corrected chi connectivity index (χ4v) is 2.68. The summed E-state index contributed by atoms with van der Waals surface area (Å²) in [5.41, 5.74) is 2.26. The fraction of sp³-hybridized carbons (Fsp3) is 0.467. The van der Waals surface area contributed by atoms with Crippen LogP contribution in [0.4, 0.5) is 0 Å². The van der Waals surface area contributed by atoms with Gasteiger partial charge in [-0.15, -0.1) is 0 Å². The van der Waals surface area contributed by atoms with Crippen LogP contribution in [0.2, 0.25) is 5.02 Å². The van der Waals surface area contributed by atoms with Gasteiger partial charge in [0.25, 0.3) is 0 Å². The number of hydrogen-bond acceptors (Lipinski definition) is 3. The summed E-state index contributed by atoms with van der Waals surface area (Å²) in [6, 6.07) is 1.78. The van der Waals surface area contributed by atoms with Crippen molar-refractivity contribution in [1.29, 1.82) is 0 Å². The lowest BCUT2D eigenvalue weighted by molar-refractivity contribution is 0.0989. The third-order valence-electron chi connectivity index (χ3n) is 3.36. The predicted octanol–water partition coefficient (Wildman–Crippen LogP) is 3.75. The lowest BCUT2D eigenvalue weighted by atomic mass is 10.1. The average molecular weight is 295 g/mol. The normalized spacial score (nSPS) is 11.1. The summed E-state index contributed by atoms with van der Waals surface area (Å²) in [5.74, 6) is 1.41. The van der Waals surface area contributed by atoms with Crippen LogP contribution in [0.3, 0.4) is 0 Å². The summed E-state index contributed by atoms with van der Waals surface area (Å²) in [4.78, 5) is 12.4. The Morgan fingerprint density at radius 1 is 1.40 bits per heavy atom. The van der Waals surface area contributed by atoms with Crippen molar-refractivity contribution in [1.82, 2.24) is 9.78 Å². The Labute approximate surface area is 123 Å². The first kappa shape index (κ1) is 14.9. The molecule has 0 aliphatic rings. The van der Waals surface area contributed by atoms with Crippen molar-refractivity contribution in [3.63, 3.8) is 0 Å². The molecule has 0 N–H and O–H groups in total. The van der Waals surface area contributed by atoms with Gasteiger partial charge < -0.3 is 4.42 Å². The third-order valence-corrected chi connectivity index (χ3v) is 3.80. The fourth-order valence-electron chi connectivity index (χ4n) is 2.34. The summed E-state index contributed by atoms with van der Waals surface area (Å²) in [6.07, 6.45) is 1.01. The molecule has 0 unspecified atom stereocenters. The van der Waals surface area contributed by atoms with Crippen LogP contribution in [0.25, 0.3) is 0 Å². The molecule has 0 saturated heterocycles. The molecule has 0 bridgehead atoms. The minimum Gasteiger partial charge on any atom is -0.466 e. The lowest BCUT2D eigenvalue weighted by Crippen LogP contribution is -2.10. The van der Waals surface area contributed by atoms with Crippen molar-refractivity contribution < 1.29 is 9.21 Å². The van der Waals surface area contributed by atoms with Gasteiger partial charge in [0.05, 0.1) is 28.4 Å². The molecule has 0 aliphatic carbocycles. The Bertz CT molecular complexity index is 641. The third kappa shape index (κ3) is 2.66. The average Bonchev–Trinajstić information content (AvgIpc) is 2.90. The van der Waals surface area contributed by atoms with E-state index in [0.717, 1.165) is 23.6 Å². The second kappa shape index (κ2) is 5.83. The number of carbonyl (C=O) groups is 1. The standard InChI is InChI=1S/C15H19ClN2O2/c1-5-12-15(16)13(18(6-2)17-12)8-14(19)11-7-9(3)20-10(11)4/h7H,5-6,8H2,1-4H3. The van der Waals surface area contributed by atoms with Crippen molar-refractivity contribution in [2.45, 2.75) is 47.1 Å². The van der Waals surface area contributed by atoms with Crippen LogP contribution in [0, 0.1) is 13.8 Å². The maximum Gasteiger partial charge on any atom is 0.172 e. The van der Waals surface area contributed by atoms with E-state index >= 15 is 0 Å². The van der Waals surface area contributed by atoms with Gasteiger partial charge in [-0.1, -0.05) is 18.5 Å². The van der Waals surface area contributed by atoms with Gasteiger partial charge in [0.15, 0.2) is 5.78 Å². The number of rotatable bonds is 5. The predicted molar refractivity (Wildman–Crippen MR) is 78.5 cm³/mol. The van der Waals surface area contributed by atoms with Gasteiger partial charge in [-0.25, -0.2) is 0 Å². The van der Waals surface area contributed by atoms with E-state index in [0.29, 0.717) is 22.9 Å².